The number of nitrogens with zero attached hydrogens (tertiary/aromatic N) is 5. The maximum atomic E-state index is 4.92. The SMILES string of the molecule is CCN1CCCC1CNC1=NC(NC2CCCCCC2)NC(Nc2ccc(N3CCN(C)CC3)cc2)=N1. The summed E-state index contributed by atoms with van der Waals surface area (Å²) in [6, 6.07) is 9.79. The van der Waals surface area contributed by atoms with Crippen molar-refractivity contribution in [2.24, 2.45) is 9.98 Å². The fourth-order valence-corrected chi connectivity index (χ4v) is 6.06. The highest BCUT2D eigenvalue weighted by molar-refractivity contribution is 6.03. The summed E-state index contributed by atoms with van der Waals surface area (Å²) >= 11 is 0. The van der Waals surface area contributed by atoms with Crippen LogP contribution in [0.1, 0.15) is 58.3 Å². The quantitative estimate of drug-likeness (QED) is 0.421. The summed E-state index contributed by atoms with van der Waals surface area (Å²) in [4.78, 5) is 17.2. The van der Waals surface area contributed by atoms with Crippen LogP contribution in [0.2, 0.25) is 0 Å². The van der Waals surface area contributed by atoms with Gasteiger partial charge in [0.1, 0.15) is 0 Å². The molecule has 0 aromatic heterocycles. The Morgan fingerprint density at radius 3 is 2.41 bits per heavy atom. The molecule has 0 bridgehead atoms. The minimum Gasteiger partial charge on any atom is -0.369 e. The molecule has 2 saturated heterocycles. The molecule has 9 nitrogen and oxygen atoms in total. The molecule has 4 aliphatic rings. The zero-order chi connectivity index (χ0) is 25.5. The fourth-order valence-electron chi connectivity index (χ4n) is 6.06. The van der Waals surface area contributed by atoms with Gasteiger partial charge in [0.25, 0.3) is 0 Å². The minimum absolute atomic E-state index is 0.180. The van der Waals surface area contributed by atoms with Crippen LogP contribution in [0.15, 0.2) is 34.3 Å². The van der Waals surface area contributed by atoms with Crippen molar-refractivity contribution >= 4 is 23.3 Å². The average Bonchev–Trinajstić information content (AvgIpc) is 3.23. The van der Waals surface area contributed by atoms with Gasteiger partial charge in [-0.25, -0.2) is 4.99 Å². The van der Waals surface area contributed by atoms with Crippen LogP contribution in [0, 0.1) is 0 Å². The Kier molecular flexibility index (Phi) is 9.18. The predicted octanol–water partition coefficient (Wildman–Crippen LogP) is 2.84. The third-order valence-electron chi connectivity index (χ3n) is 8.39. The second-order valence-electron chi connectivity index (χ2n) is 11.1. The monoisotopic (exact) mass is 509 g/mol. The van der Waals surface area contributed by atoms with Crippen LogP contribution in [-0.4, -0.2) is 93.0 Å². The van der Waals surface area contributed by atoms with Crippen molar-refractivity contribution in [3.8, 4) is 0 Å². The van der Waals surface area contributed by atoms with Gasteiger partial charge in [-0.2, -0.15) is 4.99 Å². The Morgan fingerprint density at radius 1 is 0.919 bits per heavy atom. The Morgan fingerprint density at radius 2 is 1.68 bits per heavy atom. The molecule has 4 N–H and O–H groups in total. The molecular weight excluding hydrogens is 462 g/mol. The zero-order valence-electron chi connectivity index (χ0n) is 22.9. The molecule has 1 aromatic rings. The van der Waals surface area contributed by atoms with Crippen LogP contribution in [0.4, 0.5) is 11.4 Å². The number of piperazine rings is 1. The van der Waals surface area contributed by atoms with E-state index in [1.54, 1.807) is 0 Å². The third-order valence-corrected chi connectivity index (χ3v) is 8.39. The number of anilines is 2. The molecule has 5 rings (SSSR count). The van der Waals surface area contributed by atoms with E-state index >= 15 is 0 Å². The highest BCUT2D eigenvalue weighted by Crippen LogP contribution is 2.21. The van der Waals surface area contributed by atoms with E-state index in [1.165, 1.54) is 63.6 Å². The lowest BCUT2D eigenvalue weighted by Crippen LogP contribution is -2.54. The molecule has 3 heterocycles. The summed E-state index contributed by atoms with van der Waals surface area (Å²) < 4.78 is 0. The smallest absolute Gasteiger partial charge is 0.224 e. The summed E-state index contributed by atoms with van der Waals surface area (Å²) in [6.45, 7) is 9.82. The molecule has 1 saturated carbocycles. The molecule has 37 heavy (non-hydrogen) atoms. The number of likely N-dealkylation sites (N-methyl/N-ethyl adjacent to an activating group) is 2. The number of nitrogens with one attached hydrogen (secondary N) is 4. The van der Waals surface area contributed by atoms with Gasteiger partial charge in [-0.3, -0.25) is 10.2 Å². The highest BCUT2D eigenvalue weighted by Gasteiger charge is 2.25. The number of hydrogen-bond donors (Lipinski definition) is 4. The van der Waals surface area contributed by atoms with Crippen LogP contribution >= 0.6 is 0 Å². The van der Waals surface area contributed by atoms with Gasteiger partial charge >= 0.3 is 0 Å². The average molecular weight is 510 g/mol. The van der Waals surface area contributed by atoms with Gasteiger partial charge in [0.15, 0.2) is 6.29 Å². The molecule has 9 heteroatoms. The first-order valence-electron chi connectivity index (χ1n) is 14.6. The van der Waals surface area contributed by atoms with Crippen LogP contribution < -0.4 is 26.2 Å². The van der Waals surface area contributed by atoms with Crippen LogP contribution in [0.5, 0.6) is 0 Å². The molecular formula is C28H47N9. The van der Waals surface area contributed by atoms with E-state index in [-0.39, 0.29) is 6.29 Å². The van der Waals surface area contributed by atoms with E-state index in [0.29, 0.717) is 18.0 Å². The van der Waals surface area contributed by atoms with Gasteiger partial charge in [-0.15, -0.1) is 0 Å². The predicted molar refractivity (Wildman–Crippen MR) is 154 cm³/mol. The van der Waals surface area contributed by atoms with Crippen LogP contribution in [-0.2, 0) is 0 Å². The molecule has 1 aromatic carbocycles. The maximum absolute atomic E-state index is 4.92. The first-order chi connectivity index (χ1) is 18.2. The number of rotatable bonds is 7. The van der Waals surface area contributed by atoms with Gasteiger partial charge in [0.2, 0.25) is 11.9 Å². The first-order valence-corrected chi connectivity index (χ1v) is 14.6. The molecule has 0 radical (unpaired) electrons. The van der Waals surface area contributed by atoms with Crippen molar-refractivity contribution in [2.45, 2.75) is 76.7 Å². The molecule has 3 aliphatic heterocycles. The summed E-state index contributed by atoms with van der Waals surface area (Å²) in [6.07, 6.45) is 10.1. The molecule has 3 fully saturated rings. The normalized spacial score (nSPS) is 26.3. The second kappa shape index (κ2) is 12.9. The van der Waals surface area contributed by atoms with E-state index in [4.69, 9.17) is 9.98 Å². The molecule has 2 unspecified atom stereocenters. The summed E-state index contributed by atoms with van der Waals surface area (Å²) in [5.74, 6) is 1.46. The van der Waals surface area contributed by atoms with E-state index < -0.39 is 0 Å². The van der Waals surface area contributed by atoms with Crippen molar-refractivity contribution in [3.05, 3.63) is 24.3 Å². The number of aliphatic imine (C=N–C) groups is 2. The number of benzene rings is 1. The number of guanidine groups is 2. The lowest BCUT2D eigenvalue weighted by Gasteiger charge is -2.34. The molecule has 1 aliphatic carbocycles. The lowest BCUT2D eigenvalue weighted by molar-refractivity contribution is 0.267. The van der Waals surface area contributed by atoms with E-state index in [0.717, 1.165) is 50.9 Å². The van der Waals surface area contributed by atoms with Gasteiger partial charge in [-0.05, 0) is 70.1 Å². The zero-order valence-corrected chi connectivity index (χ0v) is 22.9. The van der Waals surface area contributed by atoms with Gasteiger partial charge in [0.05, 0.1) is 0 Å². The maximum Gasteiger partial charge on any atom is 0.224 e. The van der Waals surface area contributed by atoms with Crippen LogP contribution in [0.25, 0.3) is 0 Å². The standard InChI is InChI=1S/C28H47N9/c1-3-36-16-8-11-25(36)21-29-26-32-27(30-22-9-6-4-5-7-10-22)34-28(33-26)31-23-12-14-24(15-13-23)37-19-17-35(2)18-20-37/h12-15,22,25,27,30H,3-11,16-21H2,1-2H3,(H3,29,31,32,33,34). The van der Waals surface area contributed by atoms with E-state index in [1.807, 2.05) is 0 Å². The van der Waals surface area contributed by atoms with Crippen LogP contribution in [0.3, 0.4) is 0 Å². The van der Waals surface area contributed by atoms with E-state index in [9.17, 15) is 0 Å². The van der Waals surface area contributed by atoms with Crippen molar-refractivity contribution in [1.82, 2.24) is 25.8 Å². The van der Waals surface area contributed by atoms with Crippen molar-refractivity contribution < 1.29 is 0 Å². The Bertz CT molecular complexity index is 899. The summed E-state index contributed by atoms with van der Waals surface area (Å²) in [5.41, 5.74) is 2.32. The Labute approximate surface area is 223 Å². The van der Waals surface area contributed by atoms with Crippen molar-refractivity contribution in [3.63, 3.8) is 0 Å². The Hall–Kier alpha value is -2.36. The van der Waals surface area contributed by atoms with Gasteiger partial charge in [-0.1, -0.05) is 32.6 Å². The fraction of sp³-hybridized carbons (Fsp3) is 0.714. The molecule has 0 amide bonds. The molecule has 2 atom stereocenters. The van der Waals surface area contributed by atoms with Crippen molar-refractivity contribution in [2.75, 3.05) is 63.1 Å². The topological polar surface area (TPSA) is 82.6 Å². The molecule has 0 spiro atoms. The van der Waals surface area contributed by atoms with Gasteiger partial charge < -0.3 is 25.8 Å². The Balaban J connectivity index is 1.24. The van der Waals surface area contributed by atoms with Gasteiger partial charge in [0, 0.05) is 56.2 Å². The number of likely N-dealkylation sites (tertiary alicyclic amines) is 1. The molecule has 204 valence electrons. The summed E-state index contributed by atoms with van der Waals surface area (Å²) in [5, 5.41) is 14.4. The second-order valence-corrected chi connectivity index (χ2v) is 11.1. The summed E-state index contributed by atoms with van der Waals surface area (Å²) in [7, 11) is 2.19. The lowest BCUT2D eigenvalue weighted by atomic mass is 10.1. The minimum atomic E-state index is -0.180. The third kappa shape index (κ3) is 7.36. The highest BCUT2D eigenvalue weighted by atomic mass is 15.4. The van der Waals surface area contributed by atoms with Crippen molar-refractivity contribution in [1.29, 1.82) is 0 Å². The largest absolute Gasteiger partial charge is 0.369 e. The number of hydrogen-bond acceptors (Lipinski definition) is 9. The van der Waals surface area contributed by atoms with E-state index in [2.05, 4.69) is 74.2 Å². The first kappa shape index (κ1) is 26.3.